The van der Waals surface area contributed by atoms with Gasteiger partial charge in [-0.25, -0.2) is 0 Å². The third-order valence-corrected chi connectivity index (χ3v) is 5.01. The predicted octanol–water partition coefficient (Wildman–Crippen LogP) is 2.25. The molecule has 0 heterocycles. The molecular weight excluding hydrogens is 236 g/mol. The Bertz CT molecular complexity index is 276. The highest BCUT2D eigenvalue weighted by Gasteiger charge is 2.43. The first kappa shape index (κ1) is 15.3. The average molecular weight is 268 g/mol. The summed E-state index contributed by atoms with van der Waals surface area (Å²) in [6, 6.07) is 1.41. The molecule has 0 spiro atoms. The standard InChI is InChI=1S/C16H32N2O/c1-4-9-17-15-13(7-8-16(15,2)3)12-18(10-11-19)14-5-6-14/h13-15,17,19H,4-12H2,1-3H3. The van der Waals surface area contributed by atoms with Crippen molar-refractivity contribution in [3.05, 3.63) is 0 Å². The number of aliphatic hydroxyl groups excluding tert-OH is 1. The summed E-state index contributed by atoms with van der Waals surface area (Å²) < 4.78 is 0. The van der Waals surface area contributed by atoms with Crippen molar-refractivity contribution in [1.82, 2.24) is 10.2 Å². The van der Waals surface area contributed by atoms with Crippen molar-refractivity contribution in [3.8, 4) is 0 Å². The number of nitrogens with one attached hydrogen (secondary N) is 1. The largest absolute Gasteiger partial charge is 0.395 e. The van der Waals surface area contributed by atoms with E-state index in [2.05, 4.69) is 31.0 Å². The molecule has 0 aromatic heterocycles. The first-order chi connectivity index (χ1) is 9.08. The molecule has 3 nitrogen and oxygen atoms in total. The maximum Gasteiger partial charge on any atom is 0.0558 e. The predicted molar refractivity (Wildman–Crippen MR) is 80.3 cm³/mol. The molecule has 2 aliphatic carbocycles. The molecule has 2 saturated carbocycles. The van der Waals surface area contributed by atoms with Crippen LogP contribution in [0.1, 0.15) is 52.9 Å². The van der Waals surface area contributed by atoms with Crippen LogP contribution in [0.25, 0.3) is 0 Å². The number of hydrogen-bond acceptors (Lipinski definition) is 3. The normalized spacial score (nSPS) is 30.2. The van der Waals surface area contributed by atoms with Crippen LogP contribution >= 0.6 is 0 Å². The fourth-order valence-electron chi connectivity index (χ4n) is 3.75. The van der Waals surface area contributed by atoms with Crippen molar-refractivity contribution in [2.45, 2.75) is 65.0 Å². The highest BCUT2D eigenvalue weighted by Crippen LogP contribution is 2.42. The lowest BCUT2D eigenvalue weighted by atomic mass is 9.84. The van der Waals surface area contributed by atoms with E-state index in [1.165, 1.54) is 38.6 Å². The van der Waals surface area contributed by atoms with Gasteiger partial charge in [0.25, 0.3) is 0 Å². The summed E-state index contributed by atoms with van der Waals surface area (Å²) in [5.41, 5.74) is 0.425. The third kappa shape index (κ3) is 3.93. The van der Waals surface area contributed by atoms with E-state index in [1.807, 2.05) is 0 Å². The summed E-state index contributed by atoms with van der Waals surface area (Å²) in [6.45, 7) is 10.5. The minimum absolute atomic E-state index is 0.305. The van der Waals surface area contributed by atoms with Crippen LogP contribution in [0.5, 0.6) is 0 Å². The molecule has 19 heavy (non-hydrogen) atoms. The van der Waals surface area contributed by atoms with Crippen molar-refractivity contribution < 1.29 is 5.11 Å². The molecule has 0 aromatic carbocycles. The van der Waals surface area contributed by atoms with Crippen LogP contribution in [0.2, 0.25) is 0 Å². The van der Waals surface area contributed by atoms with Gasteiger partial charge in [-0.05, 0) is 50.0 Å². The SMILES string of the molecule is CCCNC1C(CN(CCO)C2CC2)CCC1(C)C. The molecule has 0 aliphatic heterocycles. The molecule has 0 aromatic rings. The molecule has 0 radical (unpaired) electrons. The summed E-state index contributed by atoms with van der Waals surface area (Å²) in [5, 5.41) is 13.0. The average Bonchev–Trinajstić information content (AvgIpc) is 3.15. The monoisotopic (exact) mass is 268 g/mol. The maximum absolute atomic E-state index is 9.24. The Morgan fingerprint density at radius 2 is 2.00 bits per heavy atom. The van der Waals surface area contributed by atoms with Crippen molar-refractivity contribution in [3.63, 3.8) is 0 Å². The molecular formula is C16H32N2O. The summed E-state index contributed by atoms with van der Waals surface area (Å²) in [6.07, 6.45) is 6.55. The van der Waals surface area contributed by atoms with E-state index < -0.39 is 0 Å². The Hall–Kier alpha value is -0.120. The fraction of sp³-hybridized carbons (Fsp3) is 1.00. The van der Waals surface area contributed by atoms with E-state index >= 15 is 0 Å². The van der Waals surface area contributed by atoms with Crippen molar-refractivity contribution >= 4 is 0 Å². The van der Waals surface area contributed by atoms with Gasteiger partial charge in [-0.1, -0.05) is 20.8 Å². The van der Waals surface area contributed by atoms with Gasteiger partial charge in [0.15, 0.2) is 0 Å². The summed E-state index contributed by atoms with van der Waals surface area (Å²) >= 11 is 0. The number of nitrogens with zero attached hydrogens (tertiary/aromatic N) is 1. The molecule has 2 rings (SSSR count). The first-order valence-corrected chi connectivity index (χ1v) is 8.16. The van der Waals surface area contributed by atoms with Gasteiger partial charge in [-0.15, -0.1) is 0 Å². The quantitative estimate of drug-likeness (QED) is 0.709. The van der Waals surface area contributed by atoms with Crippen molar-refractivity contribution in [1.29, 1.82) is 0 Å². The molecule has 2 unspecified atom stereocenters. The van der Waals surface area contributed by atoms with E-state index in [1.54, 1.807) is 0 Å². The zero-order valence-corrected chi connectivity index (χ0v) is 13.0. The van der Waals surface area contributed by atoms with E-state index in [-0.39, 0.29) is 0 Å². The van der Waals surface area contributed by atoms with Crippen LogP contribution in [-0.4, -0.2) is 48.3 Å². The molecule has 2 atom stereocenters. The van der Waals surface area contributed by atoms with Gasteiger partial charge < -0.3 is 10.4 Å². The van der Waals surface area contributed by atoms with E-state index in [4.69, 9.17) is 0 Å². The van der Waals surface area contributed by atoms with Gasteiger partial charge in [-0.2, -0.15) is 0 Å². The van der Waals surface area contributed by atoms with Gasteiger partial charge in [0.05, 0.1) is 6.61 Å². The highest BCUT2D eigenvalue weighted by atomic mass is 16.3. The van der Waals surface area contributed by atoms with Crippen LogP contribution < -0.4 is 5.32 Å². The smallest absolute Gasteiger partial charge is 0.0558 e. The van der Waals surface area contributed by atoms with Crippen molar-refractivity contribution in [2.24, 2.45) is 11.3 Å². The van der Waals surface area contributed by atoms with Crippen LogP contribution in [0, 0.1) is 11.3 Å². The number of aliphatic hydroxyl groups is 1. The molecule has 0 saturated heterocycles. The van der Waals surface area contributed by atoms with Crippen LogP contribution in [0.4, 0.5) is 0 Å². The minimum atomic E-state index is 0.305. The highest BCUT2D eigenvalue weighted by molar-refractivity contribution is 4.98. The molecule has 112 valence electrons. The van der Waals surface area contributed by atoms with Gasteiger partial charge in [0.2, 0.25) is 0 Å². The maximum atomic E-state index is 9.24. The second kappa shape index (κ2) is 6.55. The number of hydrogen-bond donors (Lipinski definition) is 2. The Labute approximate surface area is 118 Å². The third-order valence-electron chi connectivity index (χ3n) is 5.01. The van der Waals surface area contributed by atoms with Crippen molar-refractivity contribution in [2.75, 3.05) is 26.2 Å². The van der Waals surface area contributed by atoms with Gasteiger partial charge in [0.1, 0.15) is 0 Å². The van der Waals surface area contributed by atoms with E-state index in [9.17, 15) is 5.11 Å². The van der Waals surface area contributed by atoms with E-state index in [0.717, 1.165) is 25.0 Å². The molecule has 2 aliphatic rings. The molecule has 3 heteroatoms. The minimum Gasteiger partial charge on any atom is -0.395 e. The fourth-order valence-corrected chi connectivity index (χ4v) is 3.75. The number of rotatable bonds is 8. The Morgan fingerprint density at radius 1 is 1.26 bits per heavy atom. The zero-order chi connectivity index (χ0) is 13.9. The van der Waals surface area contributed by atoms with Gasteiger partial charge in [-0.3, -0.25) is 4.90 Å². The Balaban J connectivity index is 1.92. The topological polar surface area (TPSA) is 35.5 Å². The summed E-state index contributed by atoms with van der Waals surface area (Å²) in [5.74, 6) is 0.758. The second-order valence-electron chi connectivity index (χ2n) is 7.17. The molecule has 0 amide bonds. The lowest BCUT2D eigenvalue weighted by molar-refractivity contribution is 0.147. The lowest BCUT2D eigenvalue weighted by Crippen LogP contribution is -2.46. The summed E-state index contributed by atoms with van der Waals surface area (Å²) in [7, 11) is 0. The van der Waals surface area contributed by atoms with Gasteiger partial charge in [0, 0.05) is 25.2 Å². The van der Waals surface area contributed by atoms with Crippen LogP contribution in [0.3, 0.4) is 0 Å². The lowest BCUT2D eigenvalue weighted by Gasteiger charge is -2.34. The van der Waals surface area contributed by atoms with Crippen LogP contribution in [-0.2, 0) is 0 Å². The van der Waals surface area contributed by atoms with Gasteiger partial charge >= 0.3 is 0 Å². The molecule has 0 bridgehead atoms. The zero-order valence-electron chi connectivity index (χ0n) is 13.0. The Morgan fingerprint density at radius 3 is 2.58 bits per heavy atom. The first-order valence-electron chi connectivity index (χ1n) is 8.16. The van der Waals surface area contributed by atoms with Crippen LogP contribution in [0.15, 0.2) is 0 Å². The molecule has 2 N–H and O–H groups in total. The molecule has 2 fully saturated rings. The second-order valence-corrected chi connectivity index (χ2v) is 7.17. The summed E-state index contributed by atoms with van der Waals surface area (Å²) in [4.78, 5) is 2.53. The Kier molecular flexibility index (Phi) is 5.27. The van der Waals surface area contributed by atoms with E-state index in [0.29, 0.717) is 18.1 Å².